The summed E-state index contributed by atoms with van der Waals surface area (Å²) in [5.41, 5.74) is 0. The maximum Gasteiger partial charge on any atom is 0.282 e. The van der Waals surface area contributed by atoms with Gasteiger partial charge in [-0.1, -0.05) is 5.21 Å². The van der Waals surface area contributed by atoms with Crippen LogP contribution in [-0.2, 0) is 21.9 Å². The fraction of sp³-hybridized carbons (Fsp3) is 0.400. The lowest BCUT2D eigenvalue weighted by molar-refractivity contribution is -0.117. The Labute approximate surface area is 74.8 Å². The number of nitrogens with zero attached hydrogens (tertiary/aromatic N) is 3. The van der Waals surface area contributed by atoms with E-state index in [2.05, 4.69) is 10.3 Å². The van der Waals surface area contributed by atoms with E-state index in [0.29, 0.717) is 0 Å². The van der Waals surface area contributed by atoms with Gasteiger partial charge in [-0.05, 0) is 0 Å². The molecular weight excluding hydrogens is 196 g/mol. The van der Waals surface area contributed by atoms with Gasteiger partial charge in [0, 0.05) is 14.0 Å². The van der Waals surface area contributed by atoms with Gasteiger partial charge in [-0.3, -0.25) is 4.79 Å². The number of aromatic nitrogens is 3. The van der Waals surface area contributed by atoms with Crippen LogP contribution in [0.2, 0.25) is 0 Å². The zero-order valence-electron chi connectivity index (χ0n) is 7.05. The summed E-state index contributed by atoms with van der Waals surface area (Å²) in [5, 5.41) is 6.65. The van der Waals surface area contributed by atoms with Gasteiger partial charge in [-0.2, -0.15) is 8.42 Å². The van der Waals surface area contributed by atoms with E-state index in [1.807, 2.05) is 0 Å². The molecule has 7 nitrogen and oxygen atoms in total. The van der Waals surface area contributed by atoms with Crippen molar-refractivity contribution in [2.75, 3.05) is 0 Å². The number of carbonyl (C=O) groups excluding carboxylic acids is 1. The van der Waals surface area contributed by atoms with Crippen molar-refractivity contribution in [1.82, 2.24) is 19.7 Å². The van der Waals surface area contributed by atoms with Gasteiger partial charge in [0.15, 0.2) is 5.03 Å². The molecule has 0 aliphatic rings. The summed E-state index contributed by atoms with van der Waals surface area (Å²) in [4.78, 5) is 10.5. The first kappa shape index (κ1) is 9.65. The van der Waals surface area contributed by atoms with Crippen molar-refractivity contribution in [3.05, 3.63) is 6.20 Å². The molecule has 0 aromatic carbocycles. The highest BCUT2D eigenvalue weighted by Crippen LogP contribution is 2.02. The molecule has 1 aromatic heterocycles. The third kappa shape index (κ3) is 2.02. The predicted molar refractivity (Wildman–Crippen MR) is 42.0 cm³/mol. The van der Waals surface area contributed by atoms with Crippen LogP contribution in [0.15, 0.2) is 11.2 Å². The summed E-state index contributed by atoms with van der Waals surface area (Å²) in [6, 6.07) is 0. The van der Waals surface area contributed by atoms with Gasteiger partial charge < -0.3 is 0 Å². The molecule has 0 aliphatic carbocycles. The van der Waals surface area contributed by atoms with Gasteiger partial charge in [-0.15, -0.1) is 5.10 Å². The molecule has 0 radical (unpaired) electrons. The van der Waals surface area contributed by atoms with Crippen molar-refractivity contribution in [1.29, 1.82) is 0 Å². The Morgan fingerprint density at radius 2 is 2.23 bits per heavy atom. The second-order valence-electron chi connectivity index (χ2n) is 2.36. The summed E-state index contributed by atoms with van der Waals surface area (Å²) < 4.78 is 25.4. The second kappa shape index (κ2) is 3.13. The van der Waals surface area contributed by atoms with Crippen LogP contribution in [0.1, 0.15) is 6.92 Å². The quantitative estimate of drug-likeness (QED) is 0.642. The summed E-state index contributed by atoms with van der Waals surface area (Å²) in [6.45, 7) is 1.11. The first-order valence-electron chi connectivity index (χ1n) is 3.31. The monoisotopic (exact) mass is 204 g/mol. The van der Waals surface area contributed by atoms with Crippen molar-refractivity contribution >= 4 is 15.9 Å². The molecule has 1 aromatic rings. The standard InChI is InChI=1S/C5H8N4O3S/c1-4(10)7-13(11,12)5-3-6-8-9(5)2/h3H,1-2H3,(H,7,10). The molecule has 0 atom stereocenters. The van der Waals surface area contributed by atoms with E-state index in [1.54, 1.807) is 4.72 Å². The molecular formula is C5H8N4O3S. The van der Waals surface area contributed by atoms with E-state index in [4.69, 9.17) is 0 Å². The summed E-state index contributed by atoms with van der Waals surface area (Å²) in [6.07, 6.45) is 1.06. The molecule has 1 rings (SSSR count). The number of rotatable bonds is 2. The summed E-state index contributed by atoms with van der Waals surface area (Å²) >= 11 is 0. The van der Waals surface area contributed by atoms with Crippen LogP contribution in [0.25, 0.3) is 0 Å². The van der Waals surface area contributed by atoms with E-state index in [1.165, 1.54) is 7.05 Å². The summed E-state index contributed by atoms with van der Waals surface area (Å²) in [7, 11) is -2.39. The zero-order valence-corrected chi connectivity index (χ0v) is 7.87. The number of hydrogen-bond acceptors (Lipinski definition) is 5. The average Bonchev–Trinajstić information content (AvgIpc) is 2.32. The van der Waals surface area contributed by atoms with Crippen LogP contribution in [0.4, 0.5) is 0 Å². The SMILES string of the molecule is CC(=O)NS(=O)(=O)c1cnnn1C. The van der Waals surface area contributed by atoms with Crippen LogP contribution in [0.3, 0.4) is 0 Å². The van der Waals surface area contributed by atoms with Crippen LogP contribution in [0, 0.1) is 0 Å². The molecule has 13 heavy (non-hydrogen) atoms. The zero-order chi connectivity index (χ0) is 10.1. The molecule has 0 saturated carbocycles. The Kier molecular flexibility index (Phi) is 2.32. The lowest BCUT2D eigenvalue weighted by Gasteiger charge is -2.02. The van der Waals surface area contributed by atoms with Crippen LogP contribution >= 0.6 is 0 Å². The van der Waals surface area contributed by atoms with Crippen molar-refractivity contribution in [2.24, 2.45) is 7.05 Å². The largest absolute Gasteiger partial charge is 0.282 e. The topological polar surface area (TPSA) is 93.9 Å². The summed E-state index contributed by atoms with van der Waals surface area (Å²) in [5.74, 6) is -0.652. The maximum absolute atomic E-state index is 11.3. The second-order valence-corrected chi connectivity index (χ2v) is 3.99. The van der Waals surface area contributed by atoms with E-state index in [9.17, 15) is 13.2 Å². The lowest BCUT2D eigenvalue weighted by Crippen LogP contribution is -2.29. The van der Waals surface area contributed by atoms with E-state index in [-0.39, 0.29) is 5.03 Å². The molecule has 0 aliphatic heterocycles. The molecule has 0 fully saturated rings. The number of nitrogens with one attached hydrogen (secondary N) is 1. The highest BCUT2D eigenvalue weighted by Gasteiger charge is 2.19. The van der Waals surface area contributed by atoms with Gasteiger partial charge in [0.05, 0.1) is 6.20 Å². The minimum absolute atomic E-state index is 0.150. The Bertz CT molecular complexity index is 421. The van der Waals surface area contributed by atoms with E-state index in [0.717, 1.165) is 17.8 Å². The Hall–Kier alpha value is -1.44. The number of aryl methyl sites for hydroxylation is 1. The van der Waals surface area contributed by atoms with Crippen molar-refractivity contribution < 1.29 is 13.2 Å². The van der Waals surface area contributed by atoms with Gasteiger partial charge in [0.1, 0.15) is 0 Å². The van der Waals surface area contributed by atoms with Crippen LogP contribution in [-0.4, -0.2) is 29.3 Å². The molecule has 72 valence electrons. The number of amides is 1. The first-order valence-corrected chi connectivity index (χ1v) is 4.80. The average molecular weight is 204 g/mol. The van der Waals surface area contributed by atoms with Crippen LogP contribution < -0.4 is 4.72 Å². The Morgan fingerprint density at radius 3 is 2.62 bits per heavy atom. The minimum Gasteiger partial charge on any atom is -0.274 e. The number of carbonyl (C=O) groups is 1. The van der Waals surface area contributed by atoms with E-state index < -0.39 is 15.9 Å². The number of sulfonamides is 1. The third-order valence-corrected chi connectivity index (χ3v) is 2.70. The third-order valence-electron chi connectivity index (χ3n) is 1.23. The smallest absolute Gasteiger partial charge is 0.274 e. The maximum atomic E-state index is 11.3. The Morgan fingerprint density at radius 1 is 1.62 bits per heavy atom. The molecule has 1 amide bonds. The van der Waals surface area contributed by atoms with Gasteiger partial charge in [0.2, 0.25) is 5.91 Å². The molecule has 1 N–H and O–H groups in total. The molecule has 1 heterocycles. The highest BCUT2D eigenvalue weighted by molar-refractivity contribution is 7.90. The molecule has 0 saturated heterocycles. The fourth-order valence-corrected chi connectivity index (χ4v) is 1.82. The first-order chi connectivity index (χ1) is 5.93. The molecule has 0 unspecified atom stereocenters. The normalized spacial score (nSPS) is 11.2. The molecule has 0 bridgehead atoms. The van der Waals surface area contributed by atoms with Gasteiger partial charge in [0.25, 0.3) is 10.0 Å². The van der Waals surface area contributed by atoms with Gasteiger partial charge >= 0.3 is 0 Å². The number of hydrogen-bond donors (Lipinski definition) is 1. The highest BCUT2D eigenvalue weighted by atomic mass is 32.2. The lowest BCUT2D eigenvalue weighted by atomic mass is 10.8. The fourth-order valence-electron chi connectivity index (χ4n) is 0.765. The van der Waals surface area contributed by atoms with E-state index >= 15 is 0 Å². The minimum atomic E-state index is -3.81. The molecule has 0 spiro atoms. The van der Waals surface area contributed by atoms with Gasteiger partial charge in [-0.25, -0.2) is 9.40 Å². The van der Waals surface area contributed by atoms with Crippen LogP contribution in [0.5, 0.6) is 0 Å². The van der Waals surface area contributed by atoms with Crippen molar-refractivity contribution in [3.63, 3.8) is 0 Å². The predicted octanol–water partition coefficient (Wildman–Crippen LogP) is -1.36. The van der Waals surface area contributed by atoms with Crippen molar-refractivity contribution in [2.45, 2.75) is 11.9 Å². The molecule has 8 heteroatoms. The Balaban J connectivity index is 3.09. The van der Waals surface area contributed by atoms with Crippen molar-refractivity contribution in [3.8, 4) is 0 Å².